The van der Waals surface area contributed by atoms with Crippen LogP contribution in [-0.2, 0) is 16.8 Å². The van der Waals surface area contributed by atoms with E-state index in [9.17, 15) is 9.59 Å². The van der Waals surface area contributed by atoms with Crippen molar-refractivity contribution in [2.24, 2.45) is 0 Å². The number of ether oxygens (including phenoxy) is 1. The molecule has 0 aromatic carbocycles. The fraction of sp³-hybridized carbons (Fsp3) is 0.688. The van der Waals surface area contributed by atoms with Gasteiger partial charge < -0.3 is 15.4 Å². The maximum atomic E-state index is 13.1. The Morgan fingerprint density at radius 3 is 2.41 bits per heavy atom. The van der Waals surface area contributed by atoms with Crippen molar-refractivity contribution in [2.45, 2.75) is 142 Å². The molecule has 1 fully saturated rings. The highest BCUT2D eigenvalue weighted by molar-refractivity contribution is 6.02. The molecule has 1 aliphatic carbocycles. The summed E-state index contributed by atoms with van der Waals surface area (Å²) in [6.07, 6.45) is 19.6. The first kappa shape index (κ1) is 32.2. The molecule has 2 aromatic rings. The summed E-state index contributed by atoms with van der Waals surface area (Å²) in [7, 11) is 0. The van der Waals surface area contributed by atoms with E-state index in [1.807, 2.05) is 35.5 Å². The molecule has 226 valence electrons. The third-order valence-electron chi connectivity index (χ3n) is 7.42. The van der Waals surface area contributed by atoms with E-state index in [2.05, 4.69) is 42.4 Å². The molecule has 1 saturated carbocycles. The van der Waals surface area contributed by atoms with Crippen molar-refractivity contribution in [3.8, 4) is 12.3 Å². The molecule has 1 aliphatic rings. The van der Waals surface area contributed by atoms with E-state index < -0.39 is 0 Å². The lowest BCUT2D eigenvalue weighted by Crippen LogP contribution is -2.33. The number of amides is 2. The van der Waals surface area contributed by atoms with E-state index in [1.165, 1.54) is 32.1 Å². The van der Waals surface area contributed by atoms with Crippen LogP contribution in [0.25, 0.3) is 0 Å². The molecule has 0 radical (unpaired) electrons. The van der Waals surface area contributed by atoms with Crippen LogP contribution >= 0.6 is 0 Å². The van der Waals surface area contributed by atoms with Crippen molar-refractivity contribution in [1.82, 2.24) is 24.9 Å². The second-order valence-corrected chi connectivity index (χ2v) is 12.6. The van der Waals surface area contributed by atoms with Crippen molar-refractivity contribution in [1.29, 1.82) is 0 Å². The minimum atomic E-state index is -0.374. The summed E-state index contributed by atoms with van der Waals surface area (Å²) in [4.78, 5) is 25.2. The lowest BCUT2D eigenvalue weighted by atomic mass is 10.0. The SMILES string of the molecule is C#CCCCCCCCCCCn1ccc(C(=O)Nc2cc([C@H]3CC[C@@H](OC(=O)NC(C)C)C3)nn2C(C)(C)C)n1. The first-order chi connectivity index (χ1) is 19.6. The third kappa shape index (κ3) is 10.6. The number of alkyl carbamates (subject to hydrolysis) is 1. The van der Waals surface area contributed by atoms with Gasteiger partial charge >= 0.3 is 6.09 Å². The molecule has 2 atom stereocenters. The van der Waals surface area contributed by atoms with Crippen LogP contribution < -0.4 is 10.6 Å². The molecule has 0 spiro atoms. The molecule has 41 heavy (non-hydrogen) atoms. The fourth-order valence-electron chi connectivity index (χ4n) is 5.29. The van der Waals surface area contributed by atoms with Crippen LogP contribution in [-0.4, -0.2) is 43.7 Å². The number of hydrogen-bond donors (Lipinski definition) is 2. The quantitative estimate of drug-likeness (QED) is 0.178. The van der Waals surface area contributed by atoms with Gasteiger partial charge in [0.2, 0.25) is 0 Å². The van der Waals surface area contributed by atoms with Crippen LogP contribution in [0.5, 0.6) is 0 Å². The zero-order valence-corrected chi connectivity index (χ0v) is 25.7. The van der Waals surface area contributed by atoms with Crippen LogP contribution in [0.4, 0.5) is 10.6 Å². The van der Waals surface area contributed by atoms with E-state index in [0.29, 0.717) is 11.5 Å². The number of carbonyl (C=O) groups is 2. The Morgan fingerprint density at radius 2 is 1.76 bits per heavy atom. The van der Waals surface area contributed by atoms with Gasteiger partial charge in [-0.3, -0.25) is 9.48 Å². The van der Waals surface area contributed by atoms with E-state index in [4.69, 9.17) is 16.3 Å². The van der Waals surface area contributed by atoms with E-state index in [1.54, 1.807) is 6.07 Å². The van der Waals surface area contributed by atoms with E-state index in [0.717, 1.165) is 57.2 Å². The first-order valence-electron chi connectivity index (χ1n) is 15.4. The van der Waals surface area contributed by atoms with Crippen molar-refractivity contribution in [2.75, 3.05) is 5.32 Å². The average molecular weight is 567 g/mol. The number of aromatic nitrogens is 4. The second-order valence-electron chi connectivity index (χ2n) is 12.6. The Labute approximate surface area is 246 Å². The lowest BCUT2D eigenvalue weighted by molar-refractivity contribution is 0.0979. The van der Waals surface area contributed by atoms with Crippen molar-refractivity contribution in [3.05, 3.63) is 29.7 Å². The summed E-state index contributed by atoms with van der Waals surface area (Å²) in [6, 6.07) is 3.76. The maximum absolute atomic E-state index is 13.1. The van der Waals surface area contributed by atoms with Gasteiger partial charge in [0.05, 0.1) is 11.2 Å². The minimum absolute atomic E-state index is 0.0369. The predicted octanol–water partition coefficient (Wildman–Crippen LogP) is 7.00. The van der Waals surface area contributed by atoms with Crippen LogP contribution in [0.15, 0.2) is 18.3 Å². The van der Waals surface area contributed by atoms with Crippen molar-refractivity contribution < 1.29 is 14.3 Å². The van der Waals surface area contributed by atoms with Gasteiger partial charge in [-0.1, -0.05) is 38.5 Å². The van der Waals surface area contributed by atoms with Gasteiger partial charge in [0.15, 0.2) is 5.69 Å². The largest absolute Gasteiger partial charge is 0.446 e. The summed E-state index contributed by atoms with van der Waals surface area (Å²) in [5, 5.41) is 15.2. The molecular formula is C32H50N6O3. The van der Waals surface area contributed by atoms with Gasteiger partial charge in [-0.05, 0) is 72.8 Å². The lowest BCUT2D eigenvalue weighted by Gasteiger charge is -2.22. The minimum Gasteiger partial charge on any atom is -0.446 e. The molecular weight excluding hydrogens is 516 g/mol. The summed E-state index contributed by atoms with van der Waals surface area (Å²) >= 11 is 0. The summed E-state index contributed by atoms with van der Waals surface area (Å²) < 4.78 is 9.32. The van der Waals surface area contributed by atoms with Crippen LogP contribution in [0.2, 0.25) is 0 Å². The fourth-order valence-corrected chi connectivity index (χ4v) is 5.29. The number of nitrogens with zero attached hydrogens (tertiary/aromatic N) is 4. The van der Waals surface area contributed by atoms with Gasteiger partial charge in [-0.25, -0.2) is 9.48 Å². The van der Waals surface area contributed by atoms with Crippen molar-refractivity contribution >= 4 is 17.8 Å². The summed E-state index contributed by atoms with van der Waals surface area (Å²) in [5.74, 6) is 3.27. The zero-order valence-electron chi connectivity index (χ0n) is 25.7. The summed E-state index contributed by atoms with van der Waals surface area (Å²) in [5.41, 5.74) is 0.974. The smallest absolute Gasteiger partial charge is 0.407 e. The standard InChI is InChI=1S/C32H50N6O3/c1-7-8-9-10-11-12-13-14-15-16-20-37-21-19-27(35-37)30(39)34-29-23-28(36-38(29)32(4,5)6)25-17-18-26(22-25)41-31(40)33-24(2)3/h1,19,21,23-26H,8-18,20,22H2,2-6H3,(H,33,40)(H,34,39)/t25-,26+/m0/s1. The van der Waals surface area contributed by atoms with E-state index >= 15 is 0 Å². The van der Waals surface area contributed by atoms with Gasteiger partial charge in [-0.2, -0.15) is 10.2 Å². The number of carbonyl (C=O) groups excluding carboxylic acids is 2. The first-order valence-corrected chi connectivity index (χ1v) is 15.4. The molecule has 0 unspecified atom stereocenters. The molecule has 2 aromatic heterocycles. The molecule has 2 heterocycles. The van der Waals surface area contributed by atoms with Gasteiger partial charge in [0.25, 0.3) is 5.91 Å². The highest BCUT2D eigenvalue weighted by atomic mass is 16.6. The highest BCUT2D eigenvalue weighted by Gasteiger charge is 2.32. The molecule has 0 aliphatic heterocycles. The Kier molecular flexibility index (Phi) is 12.3. The second kappa shape index (κ2) is 15.6. The zero-order chi connectivity index (χ0) is 29.8. The number of terminal acetylenes is 1. The summed E-state index contributed by atoms with van der Waals surface area (Å²) in [6.45, 7) is 10.8. The molecule has 3 rings (SSSR count). The number of aryl methyl sites for hydroxylation is 1. The predicted molar refractivity (Wildman–Crippen MR) is 163 cm³/mol. The molecule has 2 N–H and O–H groups in total. The molecule has 0 saturated heterocycles. The van der Waals surface area contributed by atoms with Crippen LogP contribution in [0.1, 0.15) is 134 Å². The normalized spacial score (nSPS) is 17.0. The Bertz CT molecular complexity index is 1150. The molecule has 9 nitrogen and oxygen atoms in total. The molecule has 9 heteroatoms. The van der Waals surface area contributed by atoms with Crippen molar-refractivity contribution in [3.63, 3.8) is 0 Å². The Hall–Kier alpha value is -3.28. The molecule has 2 amide bonds. The van der Waals surface area contributed by atoms with Gasteiger partial charge in [0.1, 0.15) is 11.9 Å². The van der Waals surface area contributed by atoms with E-state index in [-0.39, 0.29) is 35.6 Å². The maximum Gasteiger partial charge on any atom is 0.407 e. The number of anilines is 1. The van der Waals surface area contributed by atoms with Crippen LogP contribution in [0, 0.1) is 12.3 Å². The highest BCUT2D eigenvalue weighted by Crippen LogP contribution is 2.37. The number of hydrogen-bond acceptors (Lipinski definition) is 5. The monoisotopic (exact) mass is 566 g/mol. The van der Waals surface area contributed by atoms with Gasteiger partial charge in [0, 0.05) is 37.2 Å². The Morgan fingerprint density at radius 1 is 1.07 bits per heavy atom. The molecule has 0 bridgehead atoms. The number of nitrogens with one attached hydrogen (secondary N) is 2. The average Bonchev–Trinajstić information content (AvgIpc) is 3.64. The van der Waals surface area contributed by atoms with Crippen LogP contribution in [0.3, 0.4) is 0 Å². The number of rotatable bonds is 15. The third-order valence-corrected chi connectivity index (χ3v) is 7.42. The Balaban J connectivity index is 1.50. The van der Waals surface area contributed by atoms with Gasteiger partial charge in [-0.15, -0.1) is 12.3 Å². The topological polar surface area (TPSA) is 103 Å². The number of unbranched alkanes of at least 4 members (excludes halogenated alkanes) is 8.